The summed E-state index contributed by atoms with van der Waals surface area (Å²) in [4.78, 5) is 101. The molecule has 0 fully saturated rings. The fraction of sp³-hybridized carbons (Fsp3) is 0.292. The van der Waals surface area contributed by atoms with E-state index in [1.165, 1.54) is 0 Å². The molecule has 0 radical (unpaired) electrons. The Morgan fingerprint density at radius 3 is 0.714 bits per heavy atom. The number of amides is 5. The number of aromatic amines is 5. The van der Waals surface area contributed by atoms with E-state index in [1.54, 1.807) is 104 Å². The molecule has 10 aromatic heterocycles. The van der Waals surface area contributed by atoms with Crippen LogP contribution in [-0.2, 0) is 0 Å². The monoisotopic (exact) mass is 2050 g/mol. The highest BCUT2D eigenvalue weighted by molar-refractivity contribution is 6.31. The molecule has 31 nitrogen and oxygen atoms in total. The number of aliphatic hydroxyl groups excluding tert-OH is 6. The fourth-order valence-electron chi connectivity index (χ4n) is 15.7. The molecule has 0 aliphatic heterocycles. The summed E-state index contributed by atoms with van der Waals surface area (Å²) in [6.45, 7) is 27.6. The van der Waals surface area contributed by atoms with Gasteiger partial charge in [0.1, 0.15) is 57.6 Å². The van der Waals surface area contributed by atoms with Gasteiger partial charge >= 0.3 is 0 Å². The molecule has 0 spiro atoms. The van der Waals surface area contributed by atoms with Gasteiger partial charge in [-0.05, 0) is 276 Å². The molecule has 0 saturated carbocycles. The van der Waals surface area contributed by atoms with Gasteiger partial charge in [-0.25, -0.2) is 24.9 Å². The number of pyridine rings is 5. The first-order valence-electron chi connectivity index (χ1n) is 48.9. The maximum absolute atomic E-state index is 12.8. The molecule has 0 bridgehead atoms. The van der Waals surface area contributed by atoms with Crippen LogP contribution < -0.4 is 53.2 Å². The number of carbonyl (C=O) groups excluding carboxylic acids is 5. The summed E-state index contributed by atoms with van der Waals surface area (Å²) in [5, 5.41) is 90.4. The van der Waals surface area contributed by atoms with Gasteiger partial charge in [0.25, 0.3) is 29.5 Å². The van der Waals surface area contributed by atoms with Crippen LogP contribution in [0.15, 0.2) is 256 Å². The van der Waals surface area contributed by atoms with Crippen LogP contribution >= 0.6 is 34.8 Å². The Hall–Kier alpha value is -14.8. The number of hydrogen-bond acceptors (Lipinski definition) is 21. The molecule has 8 atom stereocenters. The minimum atomic E-state index is -0.569. The van der Waals surface area contributed by atoms with Gasteiger partial charge in [-0.3, -0.25) is 24.0 Å². The quantitative estimate of drug-likeness (QED) is 0.0170. The zero-order valence-electron chi connectivity index (χ0n) is 85.0. The normalized spacial score (nSPS) is 12.6. The van der Waals surface area contributed by atoms with E-state index >= 15 is 0 Å². The summed E-state index contributed by atoms with van der Waals surface area (Å²) < 4.78 is 0. The number of hydrogen-bond donors (Lipinski definition) is 21. The Morgan fingerprint density at radius 2 is 0.503 bits per heavy atom. The second kappa shape index (κ2) is 55.5. The molecule has 147 heavy (non-hydrogen) atoms. The second-order valence-corrected chi connectivity index (χ2v) is 37.7. The third-order valence-corrected chi connectivity index (χ3v) is 25.0. The number of anilines is 5. The van der Waals surface area contributed by atoms with Crippen molar-refractivity contribution in [1.29, 1.82) is 0 Å². The SMILES string of the molecule is CCC(C)Nc1cc(-c2c[nH]c(C(=O)N[C@H](CO)c3cccc(Cl)c3)c2)c(C)cn1.CCC(C)Nc1cc(-c2c[nH]c(C(=O)N[C@H](CO)c3ccccc3)c2)c(C)cn1.CC[C@@H](CO)Nc1cc(-c2c[nH]c(C(=O)N[C@H](CO)c3cccc(Cl)c3)c2)c(C)cn1.Cc1cnc(NC(C)C)cc1-c1c[nH]c(C(=O)N[C@H](CO)c2cccc(Cl)c2)c1.Cc1cnc(NC(C)C)cc1-c1c[nH]c(C(=O)N[C@H](CO)c2ccccc2)c1. The minimum Gasteiger partial charge on any atom is -0.394 e. The van der Waals surface area contributed by atoms with Crippen molar-refractivity contribution in [3.63, 3.8) is 0 Å². The highest BCUT2D eigenvalue weighted by atomic mass is 35.5. The van der Waals surface area contributed by atoms with Crippen LogP contribution in [0.2, 0.25) is 15.1 Å². The van der Waals surface area contributed by atoms with Crippen LogP contribution in [0, 0.1) is 34.6 Å². The molecule has 772 valence electrons. The van der Waals surface area contributed by atoms with Crippen molar-refractivity contribution < 1.29 is 54.6 Å². The minimum absolute atomic E-state index is 0.0223. The van der Waals surface area contributed by atoms with Crippen LogP contribution in [-0.4, -0.2) is 180 Å². The summed E-state index contributed by atoms with van der Waals surface area (Å²) >= 11 is 18.1. The molecule has 15 rings (SSSR count). The molecule has 15 aromatic rings. The molecule has 0 saturated heterocycles. The van der Waals surface area contributed by atoms with Gasteiger partial charge in [-0.2, -0.15) is 0 Å². The zero-order valence-corrected chi connectivity index (χ0v) is 87.2. The van der Waals surface area contributed by atoms with Gasteiger partial charge < -0.3 is 109 Å². The van der Waals surface area contributed by atoms with Gasteiger partial charge in [0.15, 0.2) is 0 Å². The molecule has 0 aliphatic carbocycles. The first-order chi connectivity index (χ1) is 70.7. The van der Waals surface area contributed by atoms with Crippen molar-refractivity contribution in [2.24, 2.45) is 0 Å². The Bertz CT molecular complexity index is 6800. The number of carbonyl (C=O) groups is 5. The number of aromatic nitrogens is 10. The lowest BCUT2D eigenvalue weighted by Gasteiger charge is -2.16. The number of aryl methyl sites for hydroxylation is 5. The van der Waals surface area contributed by atoms with Crippen LogP contribution in [0.5, 0.6) is 0 Å². The Kier molecular flexibility index (Phi) is 42.5. The van der Waals surface area contributed by atoms with E-state index in [4.69, 9.17) is 34.8 Å². The van der Waals surface area contributed by atoms with Crippen molar-refractivity contribution in [3.05, 3.63) is 355 Å². The fourth-order valence-corrected chi connectivity index (χ4v) is 16.2. The molecular formula is C113H133Cl3N20O11. The maximum Gasteiger partial charge on any atom is 0.268 e. The lowest BCUT2D eigenvalue weighted by Crippen LogP contribution is -2.31. The van der Waals surface area contributed by atoms with Crippen molar-refractivity contribution in [2.45, 2.75) is 177 Å². The lowest BCUT2D eigenvalue weighted by atomic mass is 10.0. The molecule has 2 unspecified atom stereocenters. The molecule has 5 aromatic carbocycles. The molecular weight excluding hydrogens is 1920 g/mol. The number of aliphatic hydroxyl groups is 6. The molecule has 0 aliphatic rings. The van der Waals surface area contributed by atoms with Gasteiger partial charge in [0, 0.05) is 129 Å². The van der Waals surface area contributed by atoms with Crippen LogP contribution in [0.4, 0.5) is 29.1 Å². The largest absolute Gasteiger partial charge is 0.394 e. The highest BCUT2D eigenvalue weighted by Crippen LogP contribution is 2.35. The molecule has 5 amide bonds. The van der Waals surface area contributed by atoms with Crippen molar-refractivity contribution >= 4 is 93.4 Å². The van der Waals surface area contributed by atoms with E-state index in [0.717, 1.165) is 154 Å². The summed E-state index contributed by atoms with van der Waals surface area (Å²) in [6.07, 6.45) is 20.8. The predicted molar refractivity (Wildman–Crippen MR) is 587 cm³/mol. The van der Waals surface area contributed by atoms with Crippen LogP contribution in [0.1, 0.15) is 220 Å². The summed E-state index contributed by atoms with van der Waals surface area (Å²) in [5.74, 6) is 2.41. The smallest absolute Gasteiger partial charge is 0.268 e. The molecule has 34 heteroatoms. The van der Waals surface area contributed by atoms with E-state index in [2.05, 4.69) is 158 Å². The Labute approximate surface area is 872 Å². The van der Waals surface area contributed by atoms with Crippen molar-refractivity contribution in [3.8, 4) is 55.6 Å². The number of nitrogens with zero attached hydrogens (tertiary/aromatic N) is 5. The zero-order chi connectivity index (χ0) is 106. The first-order valence-corrected chi connectivity index (χ1v) is 50.0. The number of halogens is 3. The van der Waals surface area contributed by atoms with E-state index in [-0.39, 0.29) is 87.3 Å². The average molecular weight is 2050 g/mol. The summed E-state index contributed by atoms with van der Waals surface area (Å²) in [7, 11) is 0. The number of H-pyrrole nitrogens is 5. The van der Waals surface area contributed by atoms with Crippen molar-refractivity contribution in [1.82, 2.24) is 76.4 Å². The van der Waals surface area contributed by atoms with E-state index in [1.807, 2.05) is 194 Å². The molecule has 10 heterocycles. The Balaban J connectivity index is 0.000000175. The topological polar surface area (TPSA) is 470 Å². The molecule has 21 N–H and O–H groups in total. The lowest BCUT2D eigenvalue weighted by molar-refractivity contribution is 0.0905. The second-order valence-electron chi connectivity index (χ2n) is 36.4. The van der Waals surface area contributed by atoms with Crippen LogP contribution in [0.25, 0.3) is 55.6 Å². The van der Waals surface area contributed by atoms with Gasteiger partial charge in [0.2, 0.25) is 0 Å². The van der Waals surface area contributed by atoms with E-state index in [0.29, 0.717) is 61.4 Å². The van der Waals surface area contributed by atoms with Gasteiger partial charge in [-0.15, -0.1) is 0 Å². The number of rotatable bonds is 39. The summed E-state index contributed by atoms with van der Waals surface area (Å²) in [5.41, 5.74) is 20.5. The van der Waals surface area contributed by atoms with Crippen molar-refractivity contribution in [2.75, 3.05) is 66.2 Å². The Morgan fingerprint density at radius 1 is 0.279 bits per heavy atom. The van der Waals surface area contributed by atoms with E-state index < -0.39 is 30.2 Å². The maximum atomic E-state index is 12.8. The number of benzene rings is 5. The first kappa shape index (κ1) is 113. The number of nitrogens with one attached hydrogen (secondary N) is 15. The van der Waals surface area contributed by atoms with Gasteiger partial charge in [-0.1, -0.05) is 153 Å². The third kappa shape index (κ3) is 32.6. The van der Waals surface area contributed by atoms with E-state index in [9.17, 15) is 54.6 Å². The summed E-state index contributed by atoms with van der Waals surface area (Å²) in [6, 6.07) is 57.5. The highest BCUT2D eigenvalue weighted by Gasteiger charge is 2.26. The van der Waals surface area contributed by atoms with Crippen LogP contribution in [0.3, 0.4) is 0 Å². The van der Waals surface area contributed by atoms with Gasteiger partial charge in [0.05, 0.1) is 75.9 Å². The average Bonchev–Trinajstić information content (AvgIpc) is 1.73. The predicted octanol–water partition coefficient (Wildman–Crippen LogP) is 20.4. The standard InChI is InChI=1S/C23H27ClN4O3.C23H27ClN4O2.C23H28N4O2.C22H25ClN4O2.C22H26N4O2/c1-3-18(12-29)27-22-9-19(14(2)10-26-22)16-8-20(25-11-16)23(31)28-21(13-30)15-5-4-6-17(24)7-15;1-4-15(3)27-22-10-19(14(2)11-26-22)17-9-20(25-12-17)23(30)28-21(13-29)16-6-5-7-18(24)8-16;1-4-16(3)26-22-11-19(15(2)12-25-22)18-10-20(24-13-18)23(29)27-21(14-28)17-8-6-5-7-9-17;1-13(2)26-21-9-18(14(3)10-25-21)16-8-19(24-11-16)22(29)27-20(12-28)15-5-4-6-17(23)7-15;1-14(2)25-21-10-18(15(3)11-24-21)17-9-19(23-12-17)22(28)26-20(13-27)16-7-5-4-6-8-16/h4-11,18,21,25,29-30H,3,12-13H2,1-2H3,(H,26,27)(H,28,31);5-12,15,21,25,29H,4,13H2,1-3H3,(H,26,27)(H,28,30);5-13,16,21,24,28H,4,14H2,1-3H3,(H,25,26)(H,27,29);4-11,13,20,24,28H,12H2,1-3H3,(H,25,26)(H,27,29);4-12,14,20,23,27H,13H2,1-3H3,(H,24,25)(H,26,28)/t18-,21+;15?,21-;16?,21-;2*20-/m01111/s1. The third-order valence-electron chi connectivity index (χ3n) is 24.3.